The molecule has 1 unspecified atom stereocenters. The molecule has 0 bridgehead atoms. The van der Waals surface area contributed by atoms with Gasteiger partial charge in [-0.2, -0.15) is 0 Å². The molecule has 108 valence electrons. The Morgan fingerprint density at radius 2 is 1.89 bits per heavy atom. The van der Waals surface area contributed by atoms with Crippen molar-refractivity contribution in [1.82, 2.24) is 5.32 Å². The quantitative estimate of drug-likeness (QED) is 0.637. The molecule has 0 aliphatic heterocycles. The zero-order valence-corrected chi connectivity index (χ0v) is 12.7. The highest BCUT2D eigenvalue weighted by Gasteiger charge is 2.09. The first-order valence-electron chi connectivity index (χ1n) is 7.63. The lowest BCUT2D eigenvalue weighted by atomic mass is 10.00. The van der Waals surface area contributed by atoms with Crippen LogP contribution in [-0.2, 0) is 0 Å². The van der Waals surface area contributed by atoms with Crippen molar-refractivity contribution in [3.8, 4) is 5.75 Å². The van der Waals surface area contributed by atoms with Gasteiger partial charge in [0.15, 0.2) is 0 Å². The number of benzene rings is 1. The molecule has 0 saturated heterocycles. The number of ether oxygens (including phenoxy) is 1. The fourth-order valence-corrected chi connectivity index (χ4v) is 2.26. The van der Waals surface area contributed by atoms with Gasteiger partial charge in [0.2, 0.25) is 0 Å². The van der Waals surface area contributed by atoms with Crippen LogP contribution in [0.5, 0.6) is 5.75 Å². The van der Waals surface area contributed by atoms with Crippen LogP contribution in [0.3, 0.4) is 0 Å². The molecule has 0 saturated carbocycles. The van der Waals surface area contributed by atoms with E-state index in [1.54, 1.807) is 0 Å². The van der Waals surface area contributed by atoms with Crippen molar-refractivity contribution in [2.75, 3.05) is 13.2 Å². The monoisotopic (exact) mass is 263 g/mol. The van der Waals surface area contributed by atoms with Crippen LogP contribution in [0, 0.1) is 5.92 Å². The highest BCUT2D eigenvalue weighted by molar-refractivity contribution is 5.20. The van der Waals surface area contributed by atoms with Gasteiger partial charge in [0, 0.05) is 6.04 Å². The fourth-order valence-electron chi connectivity index (χ4n) is 2.26. The number of para-hydroxylation sites is 1. The average Bonchev–Trinajstić information content (AvgIpc) is 2.41. The van der Waals surface area contributed by atoms with E-state index >= 15 is 0 Å². The summed E-state index contributed by atoms with van der Waals surface area (Å²) in [5.74, 6) is 1.73. The summed E-state index contributed by atoms with van der Waals surface area (Å²) in [6, 6.07) is 10.7. The van der Waals surface area contributed by atoms with Crippen molar-refractivity contribution in [3.63, 3.8) is 0 Å². The fraction of sp³-hybridized carbons (Fsp3) is 0.647. The maximum Gasteiger partial charge on any atom is 0.119 e. The smallest absolute Gasteiger partial charge is 0.119 e. The molecule has 0 amide bonds. The van der Waals surface area contributed by atoms with E-state index in [4.69, 9.17) is 4.74 Å². The van der Waals surface area contributed by atoms with Crippen molar-refractivity contribution >= 4 is 0 Å². The van der Waals surface area contributed by atoms with E-state index in [0.29, 0.717) is 6.04 Å². The molecule has 0 aromatic heterocycles. The summed E-state index contributed by atoms with van der Waals surface area (Å²) in [6.45, 7) is 8.74. The normalized spacial score (nSPS) is 12.6. The Morgan fingerprint density at radius 3 is 2.53 bits per heavy atom. The first-order valence-corrected chi connectivity index (χ1v) is 7.63. The molecule has 1 N–H and O–H groups in total. The number of hydrogen-bond donors (Lipinski definition) is 1. The van der Waals surface area contributed by atoms with Gasteiger partial charge in [-0.05, 0) is 50.3 Å². The standard InChI is InChI=1S/C17H29NO/c1-4-12-18-16(14-15(2)3)9-8-13-19-17-10-6-5-7-11-17/h5-7,10-11,15-16,18H,4,8-9,12-14H2,1-3H3. The van der Waals surface area contributed by atoms with Crippen molar-refractivity contribution in [3.05, 3.63) is 30.3 Å². The highest BCUT2D eigenvalue weighted by atomic mass is 16.5. The van der Waals surface area contributed by atoms with Crippen LogP contribution in [-0.4, -0.2) is 19.2 Å². The third kappa shape index (κ3) is 7.89. The number of rotatable bonds is 10. The topological polar surface area (TPSA) is 21.3 Å². The van der Waals surface area contributed by atoms with E-state index in [-0.39, 0.29) is 0 Å². The van der Waals surface area contributed by atoms with E-state index in [1.807, 2.05) is 30.3 Å². The van der Waals surface area contributed by atoms with Crippen LogP contribution in [0.1, 0.15) is 46.5 Å². The molecule has 1 aromatic rings. The number of nitrogens with one attached hydrogen (secondary N) is 1. The van der Waals surface area contributed by atoms with Gasteiger partial charge in [0.1, 0.15) is 5.75 Å². The second kappa shape index (κ2) is 9.85. The largest absolute Gasteiger partial charge is 0.494 e. The average molecular weight is 263 g/mol. The maximum absolute atomic E-state index is 5.74. The van der Waals surface area contributed by atoms with Gasteiger partial charge in [0.05, 0.1) is 6.61 Å². The van der Waals surface area contributed by atoms with Crippen molar-refractivity contribution in [2.45, 2.75) is 52.5 Å². The van der Waals surface area contributed by atoms with Gasteiger partial charge in [-0.15, -0.1) is 0 Å². The van der Waals surface area contributed by atoms with E-state index in [9.17, 15) is 0 Å². The molecule has 1 aromatic carbocycles. The lowest BCUT2D eigenvalue weighted by Gasteiger charge is -2.20. The first kappa shape index (κ1) is 16.0. The lowest BCUT2D eigenvalue weighted by Crippen LogP contribution is -2.31. The van der Waals surface area contributed by atoms with Crippen LogP contribution < -0.4 is 10.1 Å². The van der Waals surface area contributed by atoms with Crippen LogP contribution in [0.25, 0.3) is 0 Å². The minimum Gasteiger partial charge on any atom is -0.494 e. The van der Waals surface area contributed by atoms with E-state index in [0.717, 1.165) is 31.2 Å². The Balaban J connectivity index is 2.19. The summed E-state index contributed by atoms with van der Waals surface area (Å²) < 4.78 is 5.74. The molecule has 0 radical (unpaired) electrons. The van der Waals surface area contributed by atoms with Gasteiger partial charge < -0.3 is 10.1 Å². The Hall–Kier alpha value is -1.02. The highest BCUT2D eigenvalue weighted by Crippen LogP contribution is 2.12. The van der Waals surface area contributed by atoms with E-state index < -0.39 is 0 Å². The second-order valence-corrected chi connectivity index (χ2v) is 5.58. The number of hydrogen-bond acceptors (Lipinski definition) is 2. The van der Waals surface area contributed by atoms with Gasteiger partial charge in [-0.1, -0.05) is 39.0 Å². The molecule has 2 nitrogen and oxygen atoms in total. The SMILES string of the molecule is CCCNC(CCCOc1ccccc1)CC(C)C. The Bertz CT molecular complexity index is 310. The van der Waals surface area contributed by atoms with Crippen LogP contribution in [0.4, 0.5) is 0 Å². The molecule has 0 fully saturated rings. The third-order valence-corrected chi connectivity index (χ3v) is 3.15. The zero-order valence-electron chi connectivity index (χ0n) is 12.7. The van der Waals surface area contributed by atoms with Crippen molar-refractivity contribution in [1.29, 1.82) is 0 Å². The first-order chi connectivity index (χ1) is 9.22. The van der Waals surface area contributed by atoms with Crippen LogP contribution >= 0.6 is 0 Å². The maximum atomic E-state index is 5.74. The molecule has 0 aliphatic carbocycles. The summed E-state index contributed by atoms with van der Waals surface area (Å²) in [6.07, 6.45) is 4.77. The summed E-state index contributed by atoms with van der Waals surface area (Å²) in [7, 11) is 0. The van der Waals surface area contributed by atoms with E-state index in [2.05, 4.69) is 26.1 Å². The molecule has 1 rings (SSSR count). The molecule has 0 heterocycles. The van der Waals surface area contributed by atoms with Gasteiger partial charge >= 0.3 is 0 Å². The van der Waals surface area contributed by atoms with Gasteiger partial charge in [-0.25, -0.2) is 0 Å². The molecular formula is C17H29NO. The third-order valence-electron chi connectivity index (χ3n) is 3.15. The molecular weight excluding hydrogens is 234 g/mol. The zero-order chi connectivity index (χ0) is 13.9. The minimum absolute atomic E-state index is 0.638. The molecule has 0 aliphatic rings. The predicted molar refractivity (Wildman–Crippen MR) is 82.7 cm³/mol. The summed E-state index contributed by atoms with van der Waals surface area (Å²) in [5.41, 5.74) is 0. The summed E-state index contributed by atoms with van der Waals surface area (Å²) in [5, 5.41) is 3.64. The second-order valence-electron chi connectivity index (χ2n) is 5.58. The Morgan fingerprint density at radius 1 is 1.16 bits per heavy atom. The summed E-state index contributed by atoms with van der Waals surface area (Å²) >= 11 is 0. The molecule has 19 heavy (non-hydrogen) atoms. The van der Waals surface area contributed by atoms with E-state index in [1.165, 1.54) is 19.3 Å². The Labute approximate surface area is 118 Å². The van der Waals surface area contributed by atoms with Crippen LogP contribution in [0.15, 0.2) is 30.3 Å². The minimum atomic E-state index is 0.638. The Kier molecular flexibility index (Phi) is 8.31. The van der Waals surface area contributed by atoms with Crippen molar-refractivity contribution in [2.24, 2.45) is 5.92 Å². The lowest BCUT2D eigenvalue weighted by molar-refractivity contribution is 0.288. The van der Waals surface area contributed by atoms with Gasteiger partial charge in [-0.3, -0.25) is 0 Å². The van der Waals surface area contributed by atoms with Crippen LogP contribution in [0.2, 0.25) is 0 Å². The molecule has 2 heteroatoms. The van der Waals surface area contributed by atoms with Gasteiger partial charge in [0.25, 0.3) is 0 Å². The predicted octanol–water partition coefficient (Wildman–Crippen LogP) is 4.26. The molecule has 1 atom stereocenters. The summed E-state index contributed by atoms with van der Waals surface area (Å²) in [4.78, 5) is 0. The molecule has 0 spiro atoms. The van der Waals surface area contributed by atoms with Crippen molar-refractivity contribution < 1.29 is 4.74 Å².